The van der Waals surface area contributed by atoms with Crippen molar-refractivity contribution in [2.75, 3.05) is 12.4 Å². The van der Waals surface area contributed by atoms with E-state index in [0.29, 0.717) is 17.9 Å². The summed E-state index contributed by atoms with van der Waals surface area (Å²) in [5, 5.41) is 11.6. The zero-order chi connectivity index (χ0) is 14.2. The number of benzene rings is 1. The molecule has 1 aromatic rings. The third kappa shape index (κ3) is 2.70. The normalized spacial score (nSPS) is 20.8. The van der Waals surface area contributed by atoms with Gasteiger partial charge >= 0.3 is 5.97 Å². The van der Waals surface area contributed by atoms with Crippen LogP contribution in [0, 0.1) is 25.7 Å². The number of amides is 1. The van der Waals surface area contributed by atoms with Crippen LogP contribution < -0.4 is 10.1 Å². The lowest BCUT2D eigenvalue weighted by molar-refractivity contribution is -0.139. The lowest BCUT2D eigenvalue weighted by Crippen LogP contribution is -2.18. The Morgan fingerprint density at radius 2 is 2.00 bits per heavy atom. The Kier molecular flexibility index (Phi) is 3.46. The Labute approximate surface area is 111 Å². The summed E-state index contributed by atoms with van der Waals surface area (Å²) in [6.45, 7) is 3.83. The molecule has 5 heteroatoms. The van der Waals surface area contributed by atoms with E-state index in [1.165, 1.54) is 0 Å². The molecule has 1 aliphatic carbocycles. The van der Waals surface area contributed by atoms with Crippen LogP contribution in [0.1, 0.15) is 17.5 Å². The molecule has 2 rings (SSSR count). The first-order chi connectivity index (χ1) is 8.93. The van der Waals surface area contributed by atoms with Crippen LogP contribution in [0.4, 0.5) is 5.69 Å². The van der Waals surface area contributed by atoms with Crippen LogP contribution in [0.5, 0.6) is 5.75 Å². The first-order valence-electron chi connectivity index (χ1n) is 6.13. The number of aliphatic carboxylic acids is 1. The topological polar surface area (TPSA) is 75.6 Å². The van der Waals surface area contributed by atoms with Crippen molar-refractivity contribution in [3.05, 3.63) is 23.3 Å². The minimum absolute atomic E-state index is 0.252. The fourth-order valence-electron chi connectivity index (χ4n) is 2.22. The van der Waals surface area contributed by atoms with Crippen molar-refractivity contribution in [2.45, 2.75) is 20.3 Å². The molecule has 2 atom stereocenters. The molecule has 19 heavy (non-hydrogen) atoms. The molecule has 0 heterocycles. The number of carbonyl (C=O) groups is 2. The monoisotopic (exact) mass is 263 g/mol. The van der Waals surface area contributed by atoms with Gasteiger partial charge in [-0.2, -0.15) is 0 Å². The van der Waals surface area contributed by atoms with Gasteiger partial charge in [0.25, 0.3) is 0 Å². The van der Waals surface area contributed by atoms with E-state index < -0.39 is 17.8 Å². The lowest BCUT2D eigenvalue weighted by atomic mass is 10.1. The molecule has 102 valence electrons. The number of hydrogen-bond donors (Lipinski definition) is 2. The van der Waals surface area contributed by atoms with Crippen molar-refractivity contribution in [2.24, 2.45) is 11.8 Å². The van der Waals surface area contributed by atoms with Gasteiger partial charge in [-0.15, -0.1) is 0 Å². The summed E-state index contributed by atoms with van der Waals surface area (Å²) in [5.41, 5.74) is 2.56. The van der Waals surface area contributed by atoms with Crippen molar-refractivity contribution in [3.63, 3.8) is 0 Å². The zero-order valence-corrected chi connectivity index (χ0v) is 11.2. The molecular weight excluding hydrogens is 246 g/mol. The molecule has 2 N–H and O–H groups in total. The maximum Gasteiger partial charge on any atom is 0.307 e. The van der Waals surface area contributed by atoms with Gasteiger partial charge in [-0.1, -0.05) is 6.07 Å². The fraction of sp³-hybridized carbons (Fsp3) is 0.429. The van der Waals surface area contributed by atoms with E-state index in [2.05, 4.69) is 5.32 Å². The first kappa shape index (κ1) is 13.4. The number of nitrogens with one attached hydrogen (secondary N) is 1. The highest BCUT2D eigenvalue weighted by Gasteiger charge is 2.48. The molecule has 0 saturated heterocycles. The average Bonchev–Trinajstić information content (AvgIpc) is 3.12. The Bertz CT molecular complexity index is 538. The van der Waals surface area contributed by atoms with Crippen LogP contribution in [-0.4, -0.2) is 24.1 Å². The molecule has 1 saturated carbocycles. The van der Waals surface area contributed by atoms with Crippen LogP contribution in [-0.2, 0) is 9.59 Å². The number of ether oxygens (including phenoxy) is 1. The van der Waals surface area contributed by atoms with E-state index in [9.17, 15) is 9.59 Å². The third-order valence-corrected chi connectivity index (χ3v) is 3.36. The van der Waals surface area contributed by atoms with Gasteiger partial charge in [0.15, 0.2) is 0 Å². The van der Waals surface area contributed by atoms with Gasteiger partial charge < -0.3 is 15.2 Å². The molecule has 0 radical (unpaired) electrons. The van der Waals surface area contributed by atoms with Crippen molar-refractivity contribution in [1.82, 2.24) is 0 Å². The van der Waals surface area contributed by atoms with Crippen LogP contribution in [0.2, 0.25) is 0 Å². The number of hydrogen-bond acceptors (Lipinski definition) is 3. The van der Waals surface area contributed by atoms with Crippen LogP contribution in [0.15, 0.2) is 12.1 Å². The largest absolute Gasteiger partial charge is 0.495 e. The third-order valence-electron chi connectivity index (χ3n) is 3.36. The smallest absolute Gasteiger partial charge is 0.307 e. The number of methoxy groups -OCH3 is 1. The summed E-state index contributed by atoms with van der Waals surface area (Å²) in [6.07, 6.45) is 0.411. The van der Waals surface area contributed by atoms with Gasteiger partial charge in [-0.05, 0) is 37.5 Å². The number of carboxylic acids is 1. The van der Waals surface area contributed by atoms with Gasteiger partial charge in [0, 0.05) is 0 Å². The van der Waals surface area contributed by atoms with Crippen molar-refractivity contribution < 1.29 is 19.4 Å². The average molecular weight is 263 g/mol. The highest BCUT2D eigenvalue weighted by molar-refractivity contribution is 5.99. The number of anilines is 1. The number of rotatable bonds is 4. The molecule has 5 nitrogen and oxygen atoms in total. The van der Waals surface area contributed by atoms with E-state index in [0.717, 1.165) is 11.1 Å². The number of carboxylic acid groups (broad SMARTS) is 1. The summed E-state index contributed by atoms with van der Waals surface area (Å²) < 4.78 is 5.25. The Morgan fingerprint density at radius 3 is 2.53 bits per heavy atom. The van der Waals surface area contributed by atoms with Crippen molar-refractivity contribution in [1.29, 1.82) is 0 Å². The molecule has 1 amide bonds. The summed E-state index contributed by atoms with van der Waals surface area (Å²) in [5.74, 6) is -1.54. The van der Waals surface area contributed by atoms with Crippen LogP contribution in [0.25, 0.3) is 0 Å². The van der Waals surface area contributed by atoms with E-state index >= 15 is 0 Å². The molecule has 0 spiro atoms. The Balaban J connectivity index is 2.16. The van der Waals surface area contributed by atoms with Gasteiger partial charge in [-0.25, -0.2) is 0 Å². The summed E-state index contributed by atoms with van der Waals surface area (Å²) in [6, 6.07) is 3.78. The molecule has 1 fully saturated rings. The molecule has 0 bridgehead atoms. The van der Waals surface area contributed by atoms with E-state index in [1.807, 2.05) is 26.0 Å². The fourth-order valence-corrected chi connectivity index (χ4v) is 2.22. The molecule has 0 aromatic heterocycles. The maximum atomic E-state index is 12.0. The molecule has 2 unspecified atom stereocenters. The van der Waals surface area contributed by atoms with E-state index in [-0.39, 0.29) is 5.91 Å². The molecule has 1 aliphatic rings. The van der Waals surface area contributed by atoms with Crippen LogP contribution >= 0.6 is 0 Å². The van der Waals surface area contributed by atoms with E-state index in [4.69, 9.17) is 9.84 Å². The van der Waals surface area contributed by atoms with Gasteiger partial charge in [0.2, 0.25) is 5.91 Å². The quantitative estimate of drug-likeness (QED) is 0.870. The number of carbonyl (C=O) groups excluding carboxylic acids is 1. The predicted octanol–water partition coefficient (Wildman–Crippen LogP) is 1.97. The van der Waals surface area contributed by atoms with Crippen LogP contribution in [0.3, 0.4) is 0 Å². The van der Waals surface area contributed by atoms with E-state index in [1.54, 1.807) is 7.11 Å². The summed E-state index contributed by atoms with van der Waals surface area (Å²) >= 11 is 0. The van der Waals surface area contributed by atoms with Gasteiger partial charge in [0.1, 0.15) is 5.75 Å². The predicted molar refractivity (Wildman–Crippen MR) is 70.3 cm³/mol. The van der Waals surface area contributed by atoms with Gasteiger partial charge in [-0.3, -0.25) is 9.59 Å². The highest BCUT2D eigenvalue weighted by atomic mass is 16.5. The second-order valence-corrected chi connectivity index (χ2v) is 4.94. The summed E-state index contributed by atoms with van der Waals surface area (Å²) in [7, 11) is 1.54. The van der Waals surface area contributed by atoms with Gasteiger partial charge in [0.05, 0.1) is 24.6 Å². The Morgan fingerprint density at radius 1 is 1.32 bits per heavy atom. The summed E-state index contributed by atoms with van der Waals surface area (Å²) in [4.78, 5) is 22.7. The van der Waals surface area contributed by atoms with Crippen molar-refractivity contribution in [3.8, 4) is 5.75 Å². The zero-order valence-electron chi connectivity index (χ0n) is 11.2. The number of aryl methyl sites for hydroxylation is 2. The highest BCUT2D eigenvalue weighted by Crippen LogP contribution is 2.40. The standard InChI is InChI=1S/C14H17NO4/c1-7-4-8(2)12(11(5-7)19-3)15-13(16)9-6-10(9)14(17)18/h4-5,9-10H,6H2,1-3H3,(H,15,16)(H,17,18). The second kappa shape index (κ2) is 4.91. The molecule has 0 aliphatic heterocycles. The first-order valence-corrected chi connectivity index (χ1v) is 6.13. The molecular formula is C14H17NO4. The van der Waals surface area contributed by atoms with Crippen molar-refractivity contribution >= 4 is 17.6 Å². The minimum Gasteiger partial charge on any atom is -0.495 e. The lowest BCUT2D eigenvalue weighted by Gasteiger charge is -2.14. The maximum absolute atomic E-state index is 12.0. The molecule has 1 aromatic carbocycles. The SMILES string of the molecule is COc1cc(C)cc(C)c1NC(=O)C1CC1C(=O)O. The minimum atomic E-state index is -0.909. The second-order valence-electron chi connectivity index (χ2n) is 4.94. The Hall–Kier alpha value is -2.04.